The number of hydrogen-bond donors (Lipinski definition) is 1. The minimum Gasteiger partial charge on any atom is -0.383 e. The molecule has 4 aromatic carbocycles. The largest absolute Gasteiger partial charge is 0.383 e. The number of nitrogens with two attached hydrogens (primary N) is 1. The van der Waals surface area contributed by atoms with E-state index in [1.807, 2.05) is 12.1 Å². The van der Waals surface area contributed by atoms with Gasteiger partial charge in [0.25, 0.3) is 0 Å². The molecule has 1 aliphatic carbocycles. The Morgan fingerprint density at radius 1 is 0.655 bits per heavy atom. The standard InChI is InChI=1S/C27H22N2/c28-27-25(15-18-8-2-6-12-26(18)29-27)24-16-23-19-9-3-1-7-17(19)13-14-22(23)20-10-4-5-11-21(20)24/h2,4-6,8,10-16H,1,3,7,9H2,(H2,28,29). The first kappa shape index (κ1) is 16.6. The molecule has 0 atom stereocenters. The zero-order chi connectivity index (χ0) is 19.4. The summed E-state index contributed by atoms with van der Waals surface area (Å²) in [6.07, 6.45) is 4.91. The number of fused-ring (bicyclic) bond motifs is 6. The van der Waals surface area contributed by atoms with Crippen molar-refractivity contribution in [3.63, 3.8) is 0 Å². The fourth-order valence-electron chi connectivity index (χ4n) is 5.00. The summed E-state index contributed by atoms with van der Waals surface area (Å²) in [7, 11) is 0. The van der Waals surface area contributed by atoms with Crippen molar-refractivity contribution in [1.82, 2.24) is 4.98 Å². The van der Waals surface area contributed by atoms with Gasteiger partial charge < -0.3 is 5.73 Å². The van der Waals surface area contributed by atoms with Gasteiger partial charge in [-0.1, -0.05) is 54.6 Å². The van der Waals surface area contributed by atoms with Gasteiger partial charge in [-0.3, -0.25) is 0 Å². The predicted octanol–water partition coefficient (Wildman–Crippen LogP) is 6.67. The summed E-state index contributed by atoms with van der Waals surface area (Å²) >= 11 is 0. The van der Waals surface area contributed by atoms with Crippen LogP contribution in [0.2, 0.25) is 0 Å². The summed E-state index contributed by atoms with van der Waals surface area (Å²) in [4.78, 5) is 4.70. The average Bonchev–Trinajstić information content (AvgIpc) is 2.78. The Morgan fingerprint density at radius 2 is 1.41 bits per heavy atom. The summed E-state index contributed by atoms with van der Waals surface area (Å²) in [5.41, 5.74) is 12.7. The molecule has 29 heavy (non-hydrogen) atoms. The number of benzene rings is 4. The second kappa shape index (κ2) is 6.31. The lowest BCUT2D eigenvalue weighted by Gasteiger charge is -2.20. The number of rotatable bonds is 1. The van der Waals surface area contributed by atoms with Crippen LogP contribution < -0.4 is 5.73 Å². The maximum absolute atomic E-state index is 6.48. The lowest BCUT2D eigenvalue weighted by molar-refractivity contribution is 0.690. The number of pyridine rings is 1. The molecule has 1 aromatic heterocycles. The molecule has 0 radical (unpaired) electrons. The summed E-state index contributed by atoms with van der Waals surface area (Å²) in [6, 6.07) is 26.1. The van der Waals surface area contributed by atoms with Gasteiger partial charge in [-0.25, -0.2) is 4.98 Å². The molecule has 1 heterocycles. The lowest BCUT2D eigenvalue weighted by atomic mass is 9.84. The van der Waals surface area contributed by atoms with Crippen LogP contribution in [-0.2, 0) is 12.8 Å². The predicted molar refractivity (Wildman–Crippen MR) is 123 cm³/mol. The Hall–Kier alpha value is -3.39. The number of hydrogen-bond acceptors (Lipinski definition) is 2. The normalized spacial score (nSPS) is 13.8. The van der Waals surface area contributed by atoms with Gasteiger partial charge in [0.05, 0.1) is 5.52 Å². The third-order valence-corrected chi connectivity index (χ3v) is 6.42. The SMILES string of the molecule is Nc1nc2ccccc2cc1-c1cc2c3c(ccc2c2ccccc12)CCCC3. The fraction of sp³-hybridized carbons (Fsp3) is 0.148. The molecular weight excluding hydrogens is 352 g/mol. The second-order valence-corrected chi connectivity index (χ2v) is 8.09. The topological polar surface area (TPSA) is 38.9 Å². The Balaban J connectivity index is 1.75. The summed E-state index contributed by atoms with van der Waals surface area (Å²) in [6.45, 7) is 0. The van der Waals surface area contributed by atoms with Crippen molar-refractivity contribution < 1.29 is 0 Å². The van der Waals surface area contributed by atoms with Crippen molar-refractivity contribution >= 4 is 38.3 Å². The van der Waals surface area contributed by atoms with E-state index in [4.69, 9.17) is 10.7 Å². The first-order valence-electron chi connectivity index (χ1n) is 10.4. The van der Waals surface area contributed by atoms with E-state index in [-0.39, 0.29) is 0 Å². The highest BCUT2D eigenvalue weighted by Crippen LogP contribution is 2.40. The molecule has 1 aliphatic rings. The van der Waals surface area contributed by atoms with E-state index < -0.39 is 0 Å². The number of nitrogen functional groups attached to an aromatic ring is 1. The smallest absolute Gasteiger partial charge is 0.132 e. The van der Waals surface area contributed by atoms with E-state index in [9.17, 15) is 0 Å². The van der Waals surface area contributed by atoms with Crippen LogP contribution in [0.15, 0.2) is 72.8 Å². The van der Waals surface area contributed by atoms with Crippen LogP contribution in [0.4, 0.5) is 5.82 Å². The Bertz CT molecular complexity index is 1420. The lowest BCUT2D eigenvalue weighted by Crippen LogP contribution is -2.03. The summed E-state index contributed by atoms with van der Waals surface area (Å²) < 4.78 is 0. The van der Waals surface area contributed by atoms with Crippen molar-refractivity contribution in [2.75, 3.05) is 5.73 Å². The van der Waals surface area contributed by atoms with Gasteiger partial charge in [0, 0.05) is 10.9 Å². The molecule has 0 saturated carbocycles. The maximum atomic E-state index is 6.48. The minimum atomic E-state index is 0.595. The highest BCUT2D eigenvalue weighted by molar-refractivity contribution is 6.15. The van der Waals surface area contributed by atoms with Crippen molar-refractivity contribution in [2.24, 2.45) is 0 Å². The highest BCUT2D eigenvalue weighted by atomic mass is 14.8. The molecular formula is C27H22N2. The molecule has 0 aliphatic heterocycles. The number of aromatic nitrogens is 1. The van der Waals surface area contributed by atoms with Gasteiger partial charge in [-0.15, -0.1) is 0 Å². The van der Waals surface area contributed by atoms with Crippen LogP contribution in [0.1, 0.15) is 24.0 Å². The molecule has 140 valence electrons. The van der Waals surface area contributed by atoms with Gasteiger partial charge in [0.15, 0.2) is 0 Å². The van der Waals surface area contributed by atoms with E-state index in [0.717, 1.165) is 22.9 Å². The maximum Gasteiger partial charge on any atom is 0.132 e. The number of para-hydroxylation sites is 1. The van der Waals surface area contributed by atoms with Crippen molar-refractivity contribution in [2.45, 2.75) is 25.7 Å². The first-order chi connectivity index (χ1) is 14.3. The summed E-state index contributed by atoms with van der Waals surface area (Å²) in [5.74, 6) is 0.595. The van der Waals surface area contributed by atoms with E-state index in [1.165, 1.54) is 57.5 Å². The monoisotopic (exact) mass is 374 g/mol. The Kier molecular flexibility index (Phi) is 3.60. The van der Waals surface area contributed by atoms with Crippen molar-refractivity contribution in [1.29, 1.82) is 0 Å². The van der Waals surface area contributed by atoms with Gasteiger partial charge in [0.1, 0.15) is 5.82 Å². The molecule has 0 spiro atoms. The molecule has 0 fully saturated rings. The molecule has 2 nitrogen and oxygen atoms in total. The van der Waals surface area contributed by atoms with Gasteiger partial charge >= 0.3 is 0 Å². The molecule has 2 heteroatoms. The van der Waals surface area contributed by atoms with E-state index in [1.54, 1.807) is 0 Å². The molecule has 5 aromatic rings. The van der Waals surface area contributed by atoms with Crippen LogP contribution in [0.3, 0.4) is 0 Å². The second-order valence-electron chi connectivity index (χ2n) is 8.09. The molecule has 2 N–H and O–H groups in total. The first-order valence-corrected chi connectivity index (χ1v) is 10.4. The molecule has 0 bridgehead atoms. The number of nitrogens with zero attached hydrogens (tertiary/aromatic N) is 1. The van der Waals surface area contributed by atoms with Crippen LogP contribution in [0, 0.1) is 0 Å². The average molecular weight is 374 g/mol. The third kappa shape index (κ3) is 2.52. The van der Waals surface area contributed by atoms with Crippen LogP contribution >= 0.6 is 0 Å². The Morgan fingerprint density at radius 3 is 2.34 bits per heavy atom. The zero-order valence-corrected chi connectivity index (χ0v) is 16.3. The quantitative estimate of drug-likeness (QED) is 0.333. The molecule has 0 saturated heterocycles. The van der Waals surface area contributed by atoms with Crippen LogP contribution in [0.5, 0.6) is 0 Å². The van der Waals surface area contributed by atoms with E-state index >= 15 is 0 Å². The van der Waals surface area contributed by atoms with Crippen molar-refractivity contribution in [3.05, 3.63) is 83.9 Å². The summed E-state index contributed by atoms with van der Waals surface area (Å²) in [5, 5.41) is 6.37. The number of anilines is 1. The highest BCUT2D eigenvalue weighted by Gasteiger charge is 2.17. The van der Waals surface area contributed by atoms with Crippen LogP contribution in [-0.4, -0.2) is 4.98 Å². The van der Waals surface area contributed by atoms with E-state index in [2.05, 4.69) is 60.7 Å². The van der Waals surface area contributed by atoms with E-state index in [0.29, 0.717) is 5.82 Å². The van der Waals surface area contributed by atoms with Crippen molar-refractivity contribution in [3.8, 4) is 11.1 Å². The Labute approximate surface area is 170 Å². The molecule has 0 unspecified atom stereocenters. The molecule has 0 amide bonds. The van der Waals surface area contributed by atoms with Gasteiger partial charge in [0.2, 0.25) is 0 Å². The van der Waals surface area contributed by atoms with Gasteiger partial charge in [-0.2, -0.15) is 0 Å². The fourth-order valence-corrected chi connectivity index (χ4v) is 5.00. The van der Waals surface area contributed by atoms with Gasteiger partial charge in [-0.05, 0) is 82.1 Å². The minimum absolute atomic E-state index is 0.595. The molecule has 6 rings (SSSR count). The number of aryl methyl sites for hydroxylation is 2. The van der Waals surface area contributed by atoms with Crippen LogP contribution in [0.25, 0.3) is 43.6 Å². The zero-order valence-electron chi connectivity index (χ0n) is 16.3. The third-order valence-electron chi connectivity index (χ3n) is 6.42.